The second-order valence-electron chi connectivity index (χ2n) is 6.51. The second kappa shape index (κ2) is 6.52. The number of ether oxygens (including phenoxy) is 1. The molecule has 2 aromatic rings. The average molecular weight is 342 g/mol. The van der Waals surface area contributed by atoms with Crippen LogP contribution in [-0.4, -0.2) is 22.9 Å². The van der Waals surface area contributed by atoms with Crippen LogP contribution in [0.2, 0.25) is 0 Å². The molecule has 0 bridgehead atoms. The first kappa shape index (κ1) is 16.9. The van der Waals surface area contributed by atoms with Crippen LogP contribution in [0.4, 0.5) is 0 Å². The minimum atomic E-state index is -1.04. The summed E-state index contributed by atoms with van der Waals surface area (Å²) in [5.41, 5.74) is 4.61. The van der Waals surface area contributed by atoms with Crippen LogP contribution in [0, 0.1) is 6.92 Å². The van der Waals surface area contributed by atoms with Crippen LogP contribution in [0.25, 0.3) is 0 Å². The molecule has 3 nitrogen and oxygen atoms in total. The highest BCUT2D eigenvalue weighted by Crippen LogP contribution is 2.37. The topological polar surface area (TPSA) is 43.4 Å². The van der Waals surface area contributed by atoms with Crippen LogP contribution >= 0.6 is 0 Å². The molecule has 1 unspecified atom stereocenters. The molecular weight excluding hydrogens is 320 g/mol. The molecule has 24 heavy (non-hydrogen) atoms. The Balaban J connectivity index is 2.11. The van der Waals surface area contributed by atoms with Gasteiger partial charge in [-0.05, 0) is 53.8 Å². The molecule has 0 aromatic heterocycles. The molecule has 2 aromatic carbocycles. The van der Waals surface area contributed by atoms with Crippen molar-refractivity contribution >= 4 is 16.6 Å². The second-order valence-corrected chi connectivity index (χ2v) is 7.89. The molecule has 0 saturated carbocycles. The van der Waals surface area contributed by atoms with Crippen LogP contribution in [0.15, 0.2) is 35.2 Å². The van der Waals surface area contributed by atoms with Crippen molar-refractivity contribution in [2.45, 2.75) is 38.0 Å². The van der Waals surface area contributed by atoms with Gasteiger partial charge in [0.05, 0.1) is 12.2 Å². The van der Waals surface area contributed by atoms with E-state index in [9.17, 15) is 9.00 Å². The van der Waals surface area contributed by atoms with Gasteiger partial charge in [0.1, 0.15) is 5.75 Å². The molecule has 1 atom stereocenters. The standard InChI is InChI=1S/C20H22O3S/c1-12(2)17-11-15-9-10-23-20(15)18(13(17)3)19(21)14-5-7-16(8-6-14)24(4)22/h5-8,11-12H,9-10H2,1-4H3. The zero-order valence-electron chi connectivity index (χ0n) is 14.5. The van der Waals surface area contributed by atoms with Crippen LogP contribution in [0.5, 0.6) is 5.75 Å². The van der Waals surface area contributed by atoms with E-state index in [-0.39, 0.29) is 5.78 Å². The Morgan fingerprint density at radius 3 is 2.46 bits per heavy atom. The van der Waals surface area contributed by atoms with Crippen LogP contribution in [0.1, 0.15) is 52.4 Å². The molecule has 0 spiro atoms. The Hall–Kier alpha value is -1.94. The molecule has 0 saturated heterocycles. The Labute approximate surface area is 145 Å². The lowest BCUT2D eigenvalue weighted by molar-refractivity contribution is 0.103. The largest absolute Gasteiger partial charge is 0.492 e. The van der Waals surface area contributed by atoms with Gasteiger partial charge in [-0.1, -0.05) is 19.9 Å². The third-order valence-corrected chi connectivity index (χ3v) is 5.51. The van der Waals surface area contributed by atoms with E-state index in [1.165, 1.54) is 5.56 Å². The maximum absolute atomic E-state index is 13.1. The van der Waals surface area contributed by atoms with Crippen molar-refractivity contribution in [3.63, 3.8) is 0 Å². The monoisotopic (exact) mass is 342 g/mol. The lowest BCUT2D eigenvalue weighted by Crippen LogP contribution is -2.09. The molecule has 4 heteroatoms. The van der Waals surface area contributed by atoms with Gasteiger partial charge in [-0.3, -0.25) is 9.00 Å². The molecule has 0 amide bonds. The Kier molecular flexibility index (Phi) is 4.59. The number of rotatable bonds is 4. The third-order valence-electron chi connectivity index (χ3n) is 4.57. The van der Waals surface area contributed by atoms with Crippen LogP contribution < -0.4 is 4.74 Å². The molecule has 0 radical (unpaired) electrons. The summed E-state index contributed by atoms with van der Waals surface area (Å²) < 4.78 is 17.3. The highest BCUT2D eigenvalue weighted by molar-refractivity contribution is 7.84. The van der Waals surface area contributed by atoms with Gasteiger partial charge in [0, 0.05) is 33.9 Å². The predicted octanol–water partition coefficient (Wildman–Crippen LogP) is 4.02. The van der Waals surface area contributed by atoms with Crippen molar-refractivity contribution in [1.29, 1.82) is 0 Å². The zero-order valence-corrected chi connectivity index (χ0v) is 15.3. The van der Waals surface area contributed by atoms with Crippen molar-refractivity contribution in [2.75, 3.05) is 12.9 Å². The highest BCUT2D eigenvalue weighted by Gasteiger charge is 2.26. The summed E-state index contributed by atoms with van der Waals surface area (Å²) in [6.07, 6.45) is 2.48. The van der Waals surface area contributed by atoms with Gasteiger partial charge >= 0.3 is 0 Å². The molecule has 1 aliphatic rings. The van der Waals surface area contributed by atoms with Crippen molar-refractivity contribution in [1.82, 2.24) is 0 Å². The van der Waals surface area contributed by atoms with Crippen LogP contribution in [0.3, 0.4) is 0 Å². The number of hydrogen-bond acceptors (Lipinski definition) is 3. The van der Waals surface area contributed by atoms with Crippen molar-refractivity contribution in [3.05, 3.63) is 58.1 Å². The number of carbonyl (C=O) groups is 1. The summed E-state index contributed by atoms with van der Waals surface area (Å²) in [4.78, 5) is 13.8. The van der Waals surface area contributed by atoms with E-state index in [4.69, 9.17) is 4.74 Å². The van der Waals surface area contributed by atoms with Gasteiger partial charge in [0.25, 0.3) is 0 Å². The smallest absolute Gasteiger partial charge is 0.197 e. The maximum Gasteiger partial charge on any atom is 0.197 e. The normalized spacial score (nSPS) is 14.4. The summed E-state index contributed by atoms with van der Waals surface area (Å²) in [6.45, 7) is 6.92. The van der Waals surface area contributed by atoms with Crippen LogP contribution in [-0.2, 0) is 17.2 Å². The first-order valence-electron chi connectivity index (χ1n) is 8.17. The number of fused-ring (bicyclic) bond motifs is 1. The van der Waals surface area contributed by atoms with E-state index >= 15 is 0 Å². The van der Waals surface area contributed by atoms with E-state index in [2.05, 4.69) is 19.9 Å². The quantitative estimate of drug-likeness (QED) is 0.788. The Bertz CT molecular complexity index is 820. The zero-order chi connectivity index (χ0) is 17.4. The van der Waals surface area contributed by atoms with Gasteiger partial charge in [0.2, 0.25) is 0 Å². The number of carbonyl (C=O) groups excluding carboxylic acids is 1. The Morgan fingerprint density at radius 2 is 1.88 bits per heavy atom. The number of ketones is 1. The number of benzene rings is 2. The SMILES string of the molecule is Cc1c(C(C)C)cc2c(c1C(=O)c1ccc(S(C)=O)cc1)OCC2. The molecule has 126 valence electrons. The van der Waals surface area contributed by atoms with E-state index in [0.717, 1.165) is 28.2 Å². The summed E-state index contributed by atoms with van der Waals surface area (Å²) in [5.74, 6) is 1.07. The first-order chi connectivity index (χ1) is 11.4. The Morgan fingerprint density at radius 1 is 1.21 bits per heavy atom. The molecule has 0 N–H and O–H groups in total. The fraction of sp³-hybridized carbons (Fsp3) is 0.350. The molecule has 3 rings (SSSR count). The minimum Gasteiger partial charge on any atom is -0.492 e. The van der Waals surface area contributed by atoms with E-state index in [1.807, 2.05) is 6.92 Å². The van der Waals surface area contributed by atoms with Gasteiger partial charge in [0.15, 0.2) is 5.78 Å². The lowest BCUT2D eigenvalue weighted by atomic mass is 9.87. The van der Waals surface area contributed by atoms with Gasteiger partial charge in [-0.15, -0.1) is 0 Å². The number of hydrogen-bond donors (Lipinski definition) is 0. The van der Waals surface area contributed by atoms with Gasteiger partial charge < -0.3 is 4.74 Å². The highest BCUT2D eigenvalue weighted by atomic mass is 32.2. The molecule has 1 heterocycles. The van der Waals surface area contributed by atoms with E-state index < -0.39 is 10.8 Å². The van der Waals surface area contributed by atoms with E-state index in [0.29, 0.717) is 23.7 Å². The third kappa shape index (κ3) is 2.91. The minimum absolute atomic E-state index is 0.0263. The summed E-state index contributed by atoms with van der Waals surface area (Å²) in [6, 6.07) is 9.20. The van der Waals surface area contributed by atoms with E-state index in [1.54, 1.807) is 30.5 Å². The average Bonchev–Trinajstić information content (AvgIpc) is 3.01. The van der Waals surface area contributed by atoms with Gasteiger partial charge in [-0.2, -0.15) is 0 Å². The van der Waals surface area contributed by atoms with Gasteiger partial charge in [-0.25, -0.2) is 0 Å². The first-order valence-corrected chi connectivity index (χ1v) is 9.73. The molecule has 0 fully saturated rings. The predicted molar refractivity (Wildman–Crippen MR) is 96.7 cm³/mol. The lowest BCUT2D eigenvalue weighted by Gasteiger charge is -2.17. The van der Waals surface area contributed by atoms with Crippen molar-refractivity contribution in [3.8, 4) is 5.75 Å². The molecule has 0 aliphatic carbocycles. The van der Waals surface area contributed by atoms with Crippen molar-refractivity contribution in [2.24, 2.45) is 0 Å². The summed E-state index contributed by atoms with van der Waals surface area (Å²) in [7, 11) is -1.04. The molecular formula is C20H22O3S. The fourth-order valence-electron chi connectivity index (χ4n) is 3.27. The maximum atomic E-state index is 13.1. The summed E-state index contributed by atoms with van der Waals surface area (Å²) in [5, 5.41) is 0. The fourth-order valence-corrected chi connectivity index (χ4v) is 3.79. The summed E-state index contributed by atoms with van der Waals surface area (Å²) >= 11 is 0. The molecule has 1 aliphatic heterocycles. The van der Waals surface area contributed by atoms with Crippen molar-refractivity contribution < 1.29 is 13.7 Å².